The fraction of sp³-hybridized carbons (Fsp3) is 0.632. The maximum Gasteiger partial charge on any atom is 0.389 e. The summed E-state index contributed by atoms with van der Waals surface area (Å²) in [5.41, 5.74) is 2.48. The maximum atomic E-state index is 11.1. The van der Waals surface area contributed by atoms with Crippen LogP contribution >= 0.6 is 0 Å². The van der Waals surface area contributed by atoms with E-state index in [-0.39, 0.29) is 6.42 Å². The molecule has 1 aromatic rings. The normalized spacial score (nSPS) is 10.8. The lowest BCUT2D eigenvalue weighted by atomic mass is 9.90. The topological polar surface area (TPSA) is 110 Å². The molecular formula is C19H34F3N3O5. The number of rotatable bonds is 7. The Kier molecular flexibility index (Phi) is 16.6. The summed E-state index contributed by atoms with van der Waals surface area (Å²) < 4.78 is 38.3. The summed E-state index contributed by atoms with van der Waals surface area (Å²) >= 11 is 0. The lowest BCUT2D eigenvalue weighted by Crippen LogP contribution is -2.48. The van der Waals surface area contributed by atoms with Gasteiger partial charge in [-0.25, -0.2) is 4.98 Å². The van der Waals surface area contributed by atoms with Gasteiger partial charge >= 0.3 is 6.18 Å². The molecule has 0 fully saturated rings. The van der Waals surface area contributed by atoms with Crippen LogP contribution in [0.5, 0.6) is 5.88 Å². The molecule has 0 aromatic carbocycles. The van der Waals surface area contributed by atoms with Gasteiger partial charge in [0.25, 0.3) is 0 Å². The van der Waals surface area contributed by atoms with Crippen molar-refractivity contribution in [2.24, 2.45) is 0 Å². The average Bonchev–Trinajstić information content (AvgIpc) is 2.68. The fourth-order valence-electron chi connectivity index (χ4n) is 1.44. The summed E-state index contributed by atoms with van der Waals surface area (Å²) in [5, 5.41) is 13.0. The van der Waals surface area contributed by atoms with Gasteiger partial charge in [-0.2, -0.15) is 13.2 Å². The van der Waals surface area contributed by atoms with E-state index < -0.39 is 23.8 Å². The van der Waals surface area contributed by atoms with E-state index in [0.29, 0.717) is 11.6 Å². The first-order chi connectivity index (χ1) is 13.8. The van der Waals surface area contributed by atoms with Crippen LogP contribution in [0.15, 0.2) is 12.3 Å². The Morgan fingerprint density at radius 3 is 1.93 bits per heavy atom. The summed E-state index contributed by atoms with van der Waals surface area (Å²) in [6, 6.07) is 1.81. The third kappa shape index (κ3) is 13.7. The molecular weight excluding hydrogens is 407 g/mol. The minimum Gasteiger partial charge on any atom is -0.480 e. The number of pyridine rings is 1. The van der Waals surface area contributed by atoms with E-state index in [2.05, 4.69) is 15.8 Å². The molecule has 8 nitrogen and oxygen atoms in total. The number of methoxy groups -OCH3 is 1. The van der Waals surface area contributed by atoms with Crippen molar-refractivity contribution in [2.45, 2.75) is 64.8 Å². The Hall–Kier alpha value is -2.40. The Morgan fingerprint density at radius 2 is 1.63 bits per heavy atom. The van der Waals surface area contributed by atoms with Gasteiger partial charge in [0.15, 0.2) is 0 Å². The number of halogens is 3. The molecule has 0 bridgehead atoms. The molecule has 0 aliphatic heterocycles. The van der Waals surface area contributed by atoms with Crippen LogP contribution < -0.4 is 15.5 Å². The second-order valence-corrected chi connectivity index (χ2v) is 6.67. The van der Waals surface area contributed by atoms with Gasteiger partial charge in [-0.15, -0.1) is 0 Å². The van der Waals surface area contributed by atoms with Crippen molar-refractivity contribution in [3.63, 3.8) is 0 Å². The number of ether oxygens (including phenoxy) is 1. The Labute approximate surface area is 176 Å². The van der Waals surface area contributed by atoms with Crippen LogP contribution in [-0.2, 0) is 14.4 Å². The van der Waals surface area contributed by atoms with E-state index in [9.17, 15) is 18.3 Å². The monoisotopic (exact) mass is 441 g/mol. The predicted molar refractivity (Wildman–Crippen MR) is 111 cm³/mol. The molecule has 11 heteroatoms. The smallest absolute Gasteiger partial charge is 0.389 e. The van der Waals surface area contributed by atoms with Gasteiger partial charge in [-0.3, -0.25) is 10.3 Å². The number of carbonyl (C=O) groups is 2. The molecule has 0 aliphatic rings. The van der Waals surface area contributed by atoms with Crippen molar-refractivity contribution in [3.05, 3.63) is 12.3 Å². The van der Waals surface area contributed by atoms with Crippen LogP contribution in [0.25, 0.3) is 0 Å². The largest absolute Gasteiger partial charge is 0.480 e. The maximum absolute atomic E-state index is 11.1. The van der Waals surface area contributed by atoms with Gasteiger partial charge in [-0.1, -0.05) is 6.92 Å². The summed E-state index contributed by atoms with van der Waals surface area (Å²) in [6.45, 7) is 12.5. The minimum absolute atomic E-state index is 0.184. The van der Waals surface area contributed by atoms with Crippen LogP contribution in [-0.4, -0.2) is 55.2 Å². The number of hydrogen-bond donors (Lipinski definition) is 3. The molecule has 30 heavy (non-hydrogen) atoms. The van der Waals surface area contributed by atoms with E-state index in [1.165, 1.54) is 6.92 Å². The van der Waals surface area contributed by atoms with Crippen molar-refractivity contribution in [3.8, 4) is 5.88 Å². The van der Waals surface area contributed by atoms with Gasteiger partial charge in [-0.05, 0) is 40.2 Å². The number of alkyl halides is 3. The molecule has 0 atom stereocenters. The quantitative estimate of drug-likeness (QED) is 0.545. The van der Waals surface area contributed by atoms with E-state index in [0.717, 1.165) is 5.69 Å². The van der Waals surface area contributed by atoms with Crippen LogP contribution in [0.3, 0.4) is 0 Å². The fourth-order valence-corrected chi connectivity index (χ4v) is 1.44. The SMILES string of the molecule is C=O.C=O.CCCC(F)(F)F.CNc1cc(NOC(C)(C)C(C)(C)O)cnc1OC. The molecule has 0 saturated carbocycles. The van der Waals surface area contributed by atoms with Crippen molar-refractivity contribution in [2.75, 3.05) is 25.0 Å². The van der Waals surface area contributed by atoms with E-state index in [1.54, 1.807) is 48.0 Å². The number of aliphatic hydroxyl groups is 1. The van der Waals surface area contributed by atoms with Crippen LogP contribution in [0.1, 0.15) is 47.5 Å². The first kappa shape index (κ1) is 32.3. The molecule has 3 N–H and O–H groups in total. The Bertz CT molecular complexity index is 578. The van der Waals surface area contributed by atoms with Crippen molar-refractivity contribution >= 4 is 25.0 Å². The highest BCUT2D eigenvalue weighted by Crippen LogP contribution is 2.28. The molecule has 0 amide bonds. The molecule has 0 aliphatic carbocycles. The summed E-state index contributed by atoms with van der Waals surface area (Å²) in [4.78, 5) is 25.7. The Morgan fingerprint density at radius 1 is 1.13 bits per heavy atom. The summed E-state index contributed by atoms with van der Waals surface area (Å²) in [6.07, 6.45) is -2.83. The van der Waals surface area contributed by atoms with Gasteiger partial charge in [0.1, 0.15) is 19.2 Å². The van der Waals surface area contributed by atoms with Gasteiger partial charge < -0.3 is 24.7 Å². The van der Waals surface area contributed by atoms with Gasteiger partial charge in [0, 0.05) is 13.5 Å². The van der Waals surface area contributed by atoms with Crippen LogP contribution in [0.4, 0.5) is 24.5 Å². The molecule has 0 saturated heterocycles. The highest BCUT2D eigenvalue weighted by molar-refractivity contribution is 5.60. The number of aromatic nitrogens is 1. The lowest BCUT2D eigenvalue weighted by molar-refractivity contribution is -0.134. The molecule has 0 unspecified atom stereocenters. The van der Waals surface area contributed by atoms with Gasteiger partial charge in [0.05, 0.1) is 30.3 Å². The minimum atomic E-state index is -3.95. The number of nitrogens with zero attached hydrogens (tertiary/aromatic N) is 1. The number of anilines is 2. The number of nitrogens with one attached hydrogen (secondary N) is 2. The highest BCUT2D eigenvalue weighted by atomic mass is 19.4. The summed E-state index contributed by atoms with van der Waals surface area (Å²) in [7, 11) is 3.34. The van der Waals surface area contributed by atoms with Crippen molar-refractivity contribution in [1.29, 1.82) is 0 Å². The molecule has 1 rings (SSSR count). The highest BCUT2D eigenvalue weighted by Gasteiger charge is 2.37. The van der Waals surface area contributed by atoms with Crippen molar-refractivity contribution in [1.82, 2.24) is 4.98 Å². The molecule has 0 radical (unpaired) electrons. The first-order valence-corrected chi connectivity index (χ1v) is 8.80. The van der Waals surface area contributed by atoms with E-state index >= 15 is 0 Å². The second-order valence-electron chi connectivity index (χ2n) is 6.67. The summed E-state index contributed by atoms with van der Waals surface area (Å²) in [5.74, 6) is 0.509. The Balaban J connectivity index is -0.000000556. The van der Waals surface area contributed by atoms with E-state index in [4.69, 9.17) is 19.2 Å². The molecule has 1 aromatic heterocycles. The van der Waals surface area contributed by atoms with Crippen LogP contribution in [0, 0.1) is 0 Å². The standard InChI is InChI=1S/C13H23N3O3.C4H7F3.2CH2O/c1-12(2,17)13(3,4)19-16-9-7-10(14-5)11(18-6)15-8-9;1-2-3-4(5,6)7;2*1-2/h7-8,14,16-17H,1-6H3;2-3H2,1H3;2*1H2. The van der Waals surface area contributed by atoms with E-state index in [1.807, 2.05) is 19.6 Å². The van der Waals surface area contributed by atoms with Crippen molar-refractivity contribution < 1.29 is 37.4 Å². The lowest BCUT2D eigenvalue weighted by Gasteiger charge is -2.36. The number of carbonyl (C=O) groups excluding carboxylic acids is 2. The molecule has 176 valence electrons. The number of hydrogen-bond acceptors (Lipinski definition) is 8. The van der Waals surface area contributed by atoms with Gasteiger partial charge in [0.2, 0.25) is 5.88 Å². The zero-order valence-electron chi connectivity index (χ0n) is 18.6. The average molecular weight is 441 g/mol. The predicted octanol–water partition coefficient (Wildman–Crippen LogP) is 4.00. The van der Waals surface area contributed by atoms with Crippen LogP contribution in [0.2, 0.25) is 0 Å². The second kappa shape index (κ2) is 15.4. The third-order valence-corrected chi connectivity index (χ3v) is 3.74. The molecule has 1 heterocycles. The third-order valence-electron chi connectivity index (χ3n) is 3.74. The first-order valence-electron chi connectivity index (χ1n) is 8.80. The zero-order valence-corrected chi connectivity index (χ0v) is 18.6. The zero-order chi connectivity index (χ0) is 24.6. The molecule has 0 spiro atoms.